The molecule has 0 radical (unpaired) electrons. The maximum atomic E-state index is 6.01. The summed E-state index contributed by atoms with van der Waals surface area (Å²) in [5.41, 5.74) is 6.01. The highest BCUT2D eigenvalue weighted by Crippen LogP contribution is 2.32. The van der Waals surface area contributed by atoms with Gasteiger partial charge >= 0.3 is 0 Å². The van der Waals surface area contributed by atoms with Crippen LogP contribution < -0.4 is 5.73 Å². The number of hydrogen-bond donors (Lipinski definition) is 1. The molecule has 1 aliphatic carbocycles. The Bertz CT molecular complexity index is 191. The molecule has 1 atom stereocenters. The van der Waals surface area contributed by atoms with Gasteiger partial charge in [-0.1, -0.05) is 26.2 Å². The number of hydrogen-bond acceptors (Lipinski definition) is 2. The summed E-state index contributed by atoms with van der Waals surface area (Å²) in [6.07, 6.45) is 9.90. The molecule has 1 heterocycles. The molecule has 2 rings (SSSR count). The van der Waals surface area contributed by atoms with E-state index in [2.05, 4.69) is 11.8 Å². The van der Waals surface area contributed by atoms with Gasteiger partial charge in [-0.15, -0.1) is 0 Å². The first-order valence-electron chi connectivity index (χ1n) is 7.29. The van der Waals surface area contributed by atoms with E-state index in [9.17, 15) is 0 Å². The molecule has 1 saturated carbocycles. The number of nitrogens with two attached hydrogens (primary N) is 1. The average molecular weight is 224 g/mol. The monoisotopic (exact) mass is 224 g/mol. The Balaban J connectivity index is 1.85. The smallest absolute Gasteiger partial charge is 0.0246 e. The molecule has 2 heteroatoms. The molecule has 0 spiro atoms. The zero-order chi connectivity index (χ0) is 11.4. The summed E-state index contributed by atoms with van der Waals surface area (Å²) in [7, 11) is 0. The highest BCUT2D eigenvalue weighted by Gasteiger charge is 2.30. The average Bonchev–Trinajstić information content (AvgIpc) is 2.85. The van der Waals surface area contributed by atoms with Crippen LogP contribution in [-0.2, 0) is 0 Å². The Kier molecular flexibility index (Phi) is 4.66. The van der Waals surface area contributed by atoms with Gasteiger partial charge in [0.2, 0.25) is 0 Å². The summed E-state index contributed by atoms with van der Waals surface area (Å²) in [6.45, 7) is 5.81. The van der Waals surface area contributed by atoms with Crippen LogP contribution in [0.1, 0.15) is 51.9 Å². The van der Waals surface area contributed by atoms with Gasteiger partial charge in [0.25, 0.3) is 0 Å². The van der Waals surface area contributed by atoms with E-state index in [-0.39, 0.29) is 0 Å². The molecule has 0 aromatic heterocycles. The predicted octanol–water partition coefficient (Wildman–Crippen LogP) is 2.63. The van der Waals surface area contributed by atoms with Gasteiger partial charge in [-0.25, -0.2) is 0 Å². The third-order valence-corrected chi connectivity index (χ3v) is 4.88. The lowest BCUT2D eigenvalue weighted by Crippen LogP contribution is -2.48. The van der Waals surface area contributed by atoms with Crippen LogP contribution in [0.5, 0.6) is 0 Å². The molecular formula is C14H28N2. The van der Waals surface area contributed by atoms with Crippen LogP contribution >= 0.6 is 0 Å². The summed E-state index contributed by atoms with van der Waals surface area (Å²) < 4.78 is 0. The van der Waals surface area contributed by atoms with Gasteiger partial charge in [-0.3, -0.25) is 4.90 Å². The fourth-order valence-corrected chi connectivity index (χ4v) is 3.67. The molecule has 0 bridgehead atoms. The Morgan fingerprint density at radius 1 is 1.12 bits per heavy atom. The van der Waals surface area contributed by atoms with Crippen molar-refractivity contribution >= 4 is 0 Å². The van der Waals surface area contributed by atoms with Crippen LogP contribution in [0, 0.1) is 11.8 Å². The number of likely N-dealkylation sites (tertiary alicyclic amines) is 1. The normalized spacial score (nSPS) is 27.4. The van der Waals surface area contributed by atoms with Crippen LogP contribution in [0.4, 0.5) is 0 Å². The van der Waals surface area contributed by atoms with Gasteiger partial charge in [0.1, 0.15) is 0 Å². The lowest BCUT2D eigenvalue weighted by molar-refractivity contribution is 0.0987. The molecule has 1 saturated heterocycles. The van der Waals surface area contributed by atoms with E-state index in [1.54, 1.807) is 0 Å². The number of rotatable bonds is 4. The van der Waals surface area contributed by atoms with Crippen molar-refractivity contribution in [3.05, 3.63) is 0 Å². The Morgan fingerprint density at radius 2 is 1.75 bits per heavy atom. The molecule has 2 nitrogen and oxygen atoms in total. The molecular weight excluding hydrogens is 196 g/mol. The van der Waals surface area contributed by atoms with Gasteiger partial charge in [0.05, 0.1) is 0 Å². The lowest BCUT2D eigenvalue weighted by atomic mass is 9.90. The van der Waals surface area contributed by atoms with E-state index >= 15 is 0 Å². The number of nitrogens with zero attached hydrogens (tertiary/aromatic N) is 1. The topological polar surface area (TPSA) is 29.3 Å². The summed E-state index contributed by atoms with van der Waals surface area (Å²) in [5.74, 6) is 1.89. The Morgan fingerprint density at radius 3 is 2.25 bits per heavy atom. The maximum Gasteiger partial charge on any atom is 0.0246 e. The van der Waals surface area contributed by atoms with Crippen molar-refractivity contribution in [2.75, 3.05) is 19.6 Å². The SMILES string of the molecule is CCC1CCN(C(CN)C2CCCC2)CC1. The van der Waals surface area contributed by atoms with Crippen molar-refractivity contribution < 1.29 is 0 Å². The van der Waals surface area contributed by atoms with E-state index in [0.717, 1.165) is 18.4 Å². The van der Waals surface area contributed by atoms with Crippen molar-refractivity contribution in [1.82, 2.24) is 4.90 Å². The molecule has 0 aromatic carbocycles. The second kappa shape index (κ2) is 6.02. The van der Waals surface area contributed by atoms with Gasteiger partial charge in [0, 0.05) is 12.6 Å². The first-order valence-corrected chi connectivity index (χ1v) is 7.29. The highest BCUT2D eigenvalue weighted by atomic mass is 15.2. The van der Waals surface area contributed by atoms with Crippen molar-refractivity contribution in [2.24, 2.45) is 17.6 Å². The fourth-order valence-electron chi connectivity index (χ4n) is 3.67. The zero-order valence-electron chi connectivity index (χ0n) is 10.8. The molecule has 94 valence electrons. The molecule has 1 aliphatic heterocycles. The molecule has 16 heavy (non-hydrogen) atoms. The van der Waals surface area contributed by atoms with Crippen LogP contribution in [0.2, 0.25) is 0 Å². The quantitative estimate of drug-likeness (QED) is 0.795. The summed E-state index contributed by atoms with van der Waals surface area (Å²) in [6, 6.07) is 0.695. The van der Waals surface area contributed by atoms with Crippen LogP contribution in [0.15, 0.2) is 0 Å². The van der Waals surface area contributed by atoms with E-state index in [1.165, 1.54) is 58.0 Å². The van der Waals surface area contributed by atoms with Crippen molar-refractivity contribution in [1.29, 1.82) is 0 Å². The third kappa shape index (κ3) is 2.78. The fraction of sp³-hybridized carbons (Fsp3) is 1.00. The summed E-state index contributed by atoms with van der Waals surface area (Å²) in [4.78, 5) is 2.70. The third-order valence-electron chi connectivity index (χ3n) is 4.88. The van der Waals surface area contributed by atoms with Gasteiger partial charge < -0.3 is 5.73 Å². The minimum absolute atomic E-state index is 0.695. The van der Waals surface area contributed by atoms with Gasteiger partial charge in [-0.2, -0.15) is 0 Å². The van der Waals surface area contributed by atoms with E-state index in [4.69, 9.17) is 5.73 Å². The van der Waals surface area contributed by atoms with Crippen molar-refractivity contribution in [3.8, 4) is 0 Å². The molecule has 0 aromatic rings. The van der Waals surface area contributed by atoms with E-state index in [0.29, 0.717) is 6.04 Å². The largest absolute Gasteiger partial charge is 0.329 e. The lowest BCUT2D eigenvalue weighted by Gasteiger charge is -2.39. The highest BCUT2D eigenvalue weighted by molar-refractivity contribution is 4.86. The van der Waals surface area contributed by atoms with Crippen LogP contribution in [0.25, 0.3) is 0 Å². The zero-order valence-corrected chi connectivity index (χ0v) is 10.8. The second-order valence-electron chi connectivity index (χ2n) is 5.74. The minimum atomic E-state index is 0.695. The van der Waals surface area contributed by atoms with Gasteiger partial charge in [-0.05, 0) is 50.6 Å². The Labute approximate surface area is 101 Å². The maximum absolute atomic E-state index is 6.01. The summed E-state index contributed by atoms with van der Waals surface area (Å²) >= 11 is 0. The Hall–Kier alpha value is -0.0800. The predicted molar refractivity (Wildman–Crippen MR) is 69.4 cm³/mol. The first kappa shape index (κ1) is 12.4. The second-order valence-corrected chi connectivity index (χ2v) is 5.74. The molecule has 2 fully saturated rings. The van der Waals surface area contributed by atoms with Gasteiger partial charge in [0.15, 0.2) is 0 Å². The molecule has 2 N–H and O–H groups in total. The van der Waals surface area contributed by atoms with Crippen LogP contribution in [0.3, 0.4) is 0 Å². The van der Waals surface area contributed by atoms with E-state index < -0.39 is 0 Å². The summed E-state index contributed by atoms with van der Waals surface area (Å²) in [5, 5.41) is 0. The van der Waals surface area contributed by atoms with Crippen molar-refractivity contribution in [2.45, 2.75) is 57.9 Å². The van der Waals surface area contributed by atoms with E-state index in [1.807, 2.05) is 0 Å². The van der Waals surface area contributed by atoms with Crippen molar-refractivity contribution in [3.63, 3.8) is 0 Å². The number of piperidine rings is 1. The molecule has 2 aliphatic rings. The standard InChI is InChI=1S/C14H28N2/c1-2-12-7-9-16(10-8-12)14(11-15)13-5-3-4-6-13/h12-14H,2-11,15H2,1H3. The molecule has 0 amide bonds. The van der Waals surface area contributed by atoms with Crippen LogP contribution in [-0.4, -0.2) is 30.6 Å². The first-order chi connectivity index (χ1) is 7.85. The molecule has 1 unspecified atom stereocenters. The minimum Gasteiger partial charge on any atom is -0.329 e.